The zero-order valence-corrected chi connectivity index (χ0v) is 13.0. The van der Waals surface area contributed by atoms with E-state index in [-0.39, 0.29) is 11.8 Å². The van der Waals surface area contributed by atoms with Crippen LogP contribution in [-0.2, 0) is 4.79 Å². The van der Waals surface area contributed by atoms with Crippen LogP contribution >= 0.6 is 0 Å². The number of rotatable bonds is 3. The molecule has 1 atom stereocenters. The minimum atomic E-state index is -0.554. The molecule has 1 aromatic heterocycles. The lowest BCUT2D eigenvalue weighted by Gasteiger charge is -2.32. The molecule has 0 aliphatic carbocycles. The first-order valence-electron chi connectivity index (χ1n) is 7.71. The minimum Gasteiger partial charge on any atom is -0.340 e. The Bertz CT molecular complexity index is 781. The van der Waals surface area contributed by atoms with Gasteiger partial charge in [-0.05, 0) is 49.2 Å². The van der Waals surface area contributed by atoms with Crippen LogP contribution in [-0.4, -0.2) is 29.4 Å². The van der Waals surface area contributed by atoms with E-state index in [0.29, 0.717) is 24.1 Å². The molecule has 2 heterocycles. The molecule has 1 saturated heterocycles. The van der Waals surface area contributed by atoms with Gasteiger partial charge in [0.25, 0.3) is 5.91 Å². The molecule has 0 bridgehead atoms. The van der Waals surface area contributed by atoms with Crippen LogP contribution in [0.4, 0.5) is 5.69 Å². The summed E-state index contributed by atoms with van der Waals surface area (Å²) in [5.41, 5.74) is 1.66. The molecule has 0 unspecified atom stereocenters. The van der Waals surface area contributed by atoms with Gasteiger partial charge in [0.05, 0.1) is 23.5 Å². The van der Waals surface area contributed by atoms with Crippen molar-refractivity contribution in [1.29, 1.82) is 5.26 Å². The number of nitrogens with zero attached hydrogens (tertiary/aromatic N) is 3. The third-order valence-corrected chi connectivity index (χ3v) is 3.98. The average Bonchev–Trinajstić information content (AvgIpc) is 2.64. The second-order valence-electron chi connectivity index (χ2n) is 5.56. The Morgan fingerprint density at radius 1 is 1.29 bits per heavy atom. The standard InChI is InChI=1S/C18H16N4O2/c19-11-13-5-7-14(8-6-13)17(23)21-16-4-2-10-22(18(16)24)15-3-1-9-20-12-15/h1,3,5-9,12,16H,2,4,10H2,(H,21,23)/t16-/m1/s1. The van der Waals surface area contributed by atoms with E-state index < -0.39 is 6.04 Å². The third kappa shape index (κ3) is 3.25. The number of benzene rings is 1. The summed E-state index contributed by atoms with van der Waals surface area (Å²) in [6.45, 7) is 0.619. The summed E-state index contributed by atoms with van der Waals surface area (Å²) >= 11 is 0. The molecule has 1 aliphatic heterocycles. The Morgan fingerprint density at radius 3 is 2.75 bits per heavy atom. The first kappa shape index (κ1) is 15.7. The number of carbonyl (C=O) groups excluding carboxylic acids is 2. The molecule has 24 heavy (non-hydrogen) atoms. The van der Waals surface area contributed by atoms with Gasteiger partial charge >= 0.3 is 0 Å². The van der Waals surface area contributed by atoms with Gasteiger partial charge in [0.1, 0.15) is 6.04 Å². The van der Waals surface area contributed by atoms with Crippen LogP contribution in [0.25, 0.3) is 0 Å². The van der Waals surface area contributed by atoms with Gasteiger partial charge in [-0.1, -0.05) is 0 Å². The van der Waals surface area contributed by atoms with Crippen LogP contribution < -0.4 is 10.2 Å². The van der Waals surface area contributed by atoms with Crippen LogP contribution in [0.1, 0.15) is 28.8 Å². The van der Waals surface area contributed by atoms with E-state index in [0.717, 1.165) is 12.1 Å². The van der Waals surface area contributed by atoms with E-state index >= 15 is 0 Å². The van der Waals surface area contributed by atoms with Gasteiger partial charge < -0.3 is 10.2 Å². The number of amides is 2. The highest BCUT2D eigenvalue weighted by Gasteiger charge is 2.31. The van der Waals surface area contributed by atoms with E-state index in [2.05, 4.69) is 10.3 Å². The van der Waals surface area contributed by atoms with E-state index in [4.69, 9.17) is 5.26 Å². The van der Waals surface area contributed by atoms with Crippen molar-refractivity contribution >= 4 is 17.5 Å². The summed E-state index contributed by atoms with van der Waals surface area (Å²) in [5.74, 6) is -0.442. The van der Waals surface area contributed by atoms with Crippen LogP contribution in [0.15, 0.2) is 48.8 Å². The topological polar surface area (TPSA) is 86.1 Å². The average molecular weight is 320 g/mol. The number of pyridine rings is 1. The molecule has 2 aromatic rings. The molecule has 0 spiro atoms. The highest BCUT2D eigenvalue weighted by molar-refractivity contribution is 6.02. The van der Waals surface area contributed by atoms with Crippen LogP contribution in [0.2, 0.25) is 0 Å². The number of aromatic nitrogens is 1. The van der Waals surface area contributed by atoms with Crippen molar-refractivity contribution in [1.82, 2.24) is 10.3 Å². The molecule has 1 fully saturated rings. The molecule has 1 N–H and O–H groups in total. The van der Waals surface area contributed by atoms with E-state index in [1.54, 1.807) is 47.6 Å². The number of nitriles is 1. The summed E-state index contributed by atoms with van der Waals surface area (Å²) in [7, 11) is 0. The fourth-order valence-electron chi connectivity index (χ4n) is 2.72. The van der Waals surface area contributed by atoms with E-state index in [1.165, 1.54) is 0 Å². The van der Waals surface area contributed by atoms with Gasteiger partial charge in [0, 0.05) is 18.3 Å². The van der Waals surface area contributed by atoms with E-state index in [9.17, 15) is 9.59 Å². The lowest BCUT2D eigenvalue weighted by atomic mass is 10.0. The van der Waals surface area contributed by atoms with Crippen LogP contribution in [0, 0.1) is 11.3 Å². The van der Waals surface area contributed by atoms with Crippen LogP contribution in [0.3, 0.4) is 0 Å². The third-order valence-electron chi connectivity index (χ3n) is 3.98. The first-order chi connectivity index (χ1) is 11.7. The summed E-state index contributed by atoms with van der Waals surface area (Å²) < 4.78 is 0. The second-order valence-corrected chi connectivity index (χ2v) is 5.56. The van der Waals surface area contributed by atoms with Gasteiger partial charge in [-0.15, -0.1) is 0 Å². The van der Waals surface area contributed by atoms with Crippen molar-refractivity contribution in [3.63, 3.8) is 0 Å². The smallest absolute Gasteiger partial charge is 0.251 e. The molecule has 6 nitrogen and oxygen atoms in total. The second kappa shape index (κ2) is 6.92. The van der Waals surface area contributed by atoms with Crippen molar-refractivity contribution in [3.8, 4) is 6.07 Å². The lowest BCUT2D eigenvalue weighted by Crippen LogP contribution is -2.52. The summed E-state index contributed by atoms with van der Waals surface area (Å²) in [6, 6.07) is 11.4. The Balaban J connectivity index is 1.71. The highest BCUT2D eigenvalue weighted by Crippen LogP contribution is 2.20. The van der Waals surface area contributed by atoms with Crippen molar-refractivity contribution in [2.45, 2.75) is 18.9 Å². The molecule has 3 rings (SSSR count). The molecule has 1 aromatic carbocycles. The fraction of sp³-hybridized carbons (Fsp3) is 0.222. The SMILES string of the molecule is N#Cc1ccc(C(=O)N[C@@H]2CCCN(c3cccnc3)C2=O)cc1. The molecule has 2 amide bonds. The molecule has 6 heteroatoms. The highest BCUT2D eigenvalue weighted by atomic mass is 16.2. The molecular formula is C18H16N4O2. The lowest BCUT2D eigenvalue weighted by molar-refractivity contribution is -0.121. The largest absolute Gasteiger partial charge is 0.340 e. The maximum Gasteiger partial charge on any atom is 0.251 e. The predicted octanol–water partition coefficient (Wildman–Crippen LogP) is 1.88. The first-order valence-corrected chi connectivity index (χ1v) is 7.71. The summed E-state index contributed by atoms with van der Waals surface area (Å²) in [6.07, 6.45) is 4.71. The summed E-state index contributed by atoms with van der Waals surface area (Å²) in [4.78, 5) is 30.6. The van der Waals surface area contributed by atoms with Crippen molar-refractivity contribution < 1.29 is 9.59 Å². The Hall–Kier alpha value is -3.20. The monoisotopic (exact) mass is 320 g/mol. The zero-order chi connectivity index (χ0) is 16.9. The number of hydrogen-bond acceptors (Lipinski definition) is 4. The molecule has 1 aliphatic rings. The van der Waals surface area contributed by atoms with Crippen LogP contribution in [0.5, 0.6) is 0 Å². The van der Waals surface area contributed by atoms with Gasteiger partial charge in [0.2, 0.25) is 5.91 Å². The van der Waals surface area contributed by atoms with Crippen molar-refractivity contribution in [3.05, 3.63) is 59.9 Å². The summed E-state index contributed by atoms with van der Waals surface area (Å²) in [5, 5.41) is 11.6. The van der Waals surface area contributed by atoms with Gasteiger partial charge in [0.15, 0.2) is 0 Å². The van der Waals surface area contributed by atoms with Crippen molar-refractivity contribution in [2.24, 2.45) is 0 Å². The normalized spacial score (nSPS) is 17.2. The quantitative estimate of drug-likeness (QED) is 0.935. The number of carbonyl (C=O) groups is 2. The Kier molecular flexibility index (Phi) is 4.52. The van der Waals surface area contributed by atoms with Gasteiger partial charge in [-0.3, -0.25) is 14.6 Å². The Labute approximate surface area is 139 Å². The van der Waals surface area contributed by atoms with Crippen molar-refractivity contribution in [2.75, 3.05) is 11.4 Å². The van der Waals surface area contributed by atoms with Gasteiger partial charge in [-0.2, -0.15) is 5.26 Å². The maximum atomic E-state index is 12.6. The fourth-order valence-corrected chi connectivity index (χ4v) is 2.72. The minimum absolute atomic E-state index is 0.128. The maximum absolute atomic E-state index is 12.6. The molecule has 0 saturated carbocycles. The van der Waals surface area contributed by atoms with E-state index in [1.807, 2.05) is 12.1 Å². The number of piperidine rings is 1. The predicted molar refractivity (Wildman–Crippen MR) is 88.2 cm³/mol. The number of hydrogen-bond donors (Lipinski definition) is 1. The number of anilines is 1. The number of nitrogens with one attached hydrogen (secondary N) is 1. The zero-order valence-electron chi connectivity index (χ0n) is 13.0. The van der Waals surface area contributed by atoms with Gasteiger partial charge in [-0.25, -0.2) is 0 Å². The Morgan fingerprint density at radius 2 is 2.08 bits per heavy atom. The molecule has 120 valence electrons. The molecular weight excluding hydrogens is 304 g/mol. The molecule has 0 radical (unpaired) electrons.